The zero-order valence-electron chi connectivity index (χ0n) is 13.8. The molecule has 1 atom stereocenters. The second-order valence-electron chi connectivity index (χ2n) is 5.73. The highest BCUT2D eigenvalue weighted by Crippen LogP contribution is 2.18. The number of thiazole rings is 1. The van der Waals surface area contributed by atoms with Gasteiger partial charge in [0.25, 0.3) is 11.5 Å². The summed E-state index contributed by atoms with van der Waals surface area (Å²) in [6.45, 7) is 2.69. The van der Waals surface area contributed by atoms with Gasteiger partial charge in [0.1, 0.15) is 5.69 Å². The summed E-state index contributed by atoms with van der Waals surface area (Å²) < 4.78 is 7.09. The number of hydrogen-bond acceptors (Lipinski definition) is 8. The molecular formula is C15H20N6O3S. The monoisotopic (exact) mass is 364 g/mol. The van der Waals surface area contributed by atoms with Crippen molar-refractivity contribution >= 4 is 28.1 Å². The summed E-state index contributed by atoms with van der Waals surface area (Å²) >= 11 is 1.35. The smallest absolute Gasteiger partial charge is 0.268 e. The Morgan fingerprint density at radius 1 is 1.56 bits per heavy atom. The Morgan fingerprint density at radius 3 is 3.12 bits per heavy atom. The van der Waals surface area contributed by atoms with E-state index in [1.54, 1.807) is 24.7 Å². The molecule has 0 bridgehead atoms. The number of hydrogen-bond donors (Lipinski definition) is 2. The fourth-order valence-corrected chi connectivity index (χ4v) is 3.30. The van der Waals surface area contributed by atoms with Crippen LogP contribution in [0.15, 0.2) is 22.4 Å². The Balaban J connectivity index is 1.52. The molecule has 0 saturated carbocycles. The maximum atomic E-state index is 11.7. The van der Waals surface area contributed by atoms with Gasteiger partial charge in [-0.15, -0.1) is 11.3 Å². The van der Waals surface area contributed by atoms with Gasteiger partial charge in [0, 0.05) is 38.1 Å². The van der Waals surface area contributed by atoms with E-state index in [4.69, 9.17) is 10.5 Å². The molecule has 2 aromatic heterocycles. The SMILES string of the molecule is Cn1ncc(N2CCOC(CCNc3nc(C(N)=O)cs3)C2)cc1=O. The minimum Gasteiger partial charge on any atom is -0.374 e. The number of carbonyl (C=O) groups is 1. The van der Waals surface area contributed by atoms with Crippen LogP contribution in [0, 0.1) is 0 Å². The van der Waals surface area contributed by atoms with Crippen LogP contribution in [-0.2, 0) is 11.8 Å². The van der Waals surface area contributed by atoms with Gasteiger partial charge < -0.3 is 20.7 Å². The summed E-state index contributed by atoms with van der Waals surface area (Å²) in [7, 11) is 1.63. The number of amides is 1. The van der Waals surface area contributed by atoms with E-state index in [-0.39, 0.29) is 17.4 Å². The van der Waals surface area contributed by atoms with Crippen LogP contribution in [0.25, 0.3) is 0 Å². The number of rotatable bonds is 6. The van der Waals surface area contributed by atoms with Crippen molar-refractivity contribution in [3.63, 3.8) is 0 Å². The van der Waals surface area contributed by atoms with Crippen molar-refractivity contribution in [2.24, 2.45) is 12.8 Å². The summed E-state index contributed by atoms with van der Waals surface area (Å²) in [6, 6.07) is 1.59. The van der Waals surface area contributed by atoms with E-state index >= 15 is 0 Å². The van der Waals surface area contributed by atoms with Crippen molar-refractivity contribution in [3.05, 3.63) is 33.7 Å². The predicted octanol–water partition coefficient (Wildman–Crippen LogP) is 0.0431. The lowest BCUT2D eigenvalue weighted by atomic mass is 10.2. The van der Waals surface area contributed by atoms with Gasteiger partial charge in [0.05, 0.1) is 24.6 Å². The zero-order chi connectivity index (χ0) is 17.8. The van der Waals surface area contributed by atoms with E-state index in [1.807, 2.05) is 0 Å². The second kappa shape index (κ2) is 7.62. The summed E-state index contributed by atoms with van der Waals surface area (Å²) in [5.74, 6) is -0.529. The lowest BCUT2D eigenvalue weighted by Gasteiger charge is -2.34. The third kappa shape index (κ3) is 4.34. The Hall–Kier alpha value is -2.46. The van der Waals surface area contributed by atoms with Crippen molar-refractivity contribution < 1.29 is 9.53 Å². The van der Waals surface area contributed by atoms with Crippen LogP contribution in [-0.4, -0.2) is 53.0 Å². The number of nitrogens with one attached hydrogen (secondary N) is 1. The standard InChI is InChI=1S/C15H20N6O3S/c1-20-13(22)6-10(7-18-20)21-4-5-24-11(8-21)2-3-17-15-19-12(9-25-15)14(16)23/h6-7,9,11H,2-5,8H2,1H3,(H2,16,23)(H,17,19). The van der Waals surface area contributed by atoms with Crippen molar-refractivity contribution in [1.29, 1.82) is 0 Å². The van der Waals surface area contributed by atoms with E-state index in [0.717, 1.165) is 18.7 Å². The summed E-state index contributed by atoms with van der Waals surface area (Å²) in [5, 5.41) is 9.53. The van der Waals surface area contributed by atoms with Gasteiger partial charge in [-0.1, -0.05) is 0 Å². The number of primary amides is 1. The first kappa shape index (κ1) is 17.4. The average molecular weight is 364 g/mol. The van der Waals surface area contributed by atoms with E-state index in [9.17, 15) is 9.59 Å². The number of nitrogens with zero attached hydrogens (tertiary/aromatic N) is 4. The van der Waals surface area contributed by atoms with Crippen molar-refractivity contribution in [3.8, 4) is 0 Å². The van der Waals surface area contributed by atoms with Gasteiger partial charge in [-0.25, -0.2) is 9.67 Å². The Bertz CT molecular complexity index is 805. The molecule has 25 heavy (non-hydrogen) atoms. The fraction of sp³-hybridized carbons (Fsp3) is 0.467. The van der Waals surface area contributed by atoms with Crippen LogP contribution in [0.5, 0.6) is 0 Å². The third-order valence-corrected chi connectivity index (χ3v) is 4.76. The molecule has 134 valence electrons. The summed E-state index contributed by atoms with van der Waals surface area (Å²) in [6.07, 6.45) is 2.52. The molecule has 3 rings (SSSR count). The Kier molecular flexibility index (Phi) is 5.29. The van der Waals surface area contributed by atoms with Gasteiger partial charge in [-0.2, -0.15) is 5.10 Å². The number of ether oxygens (including phenoxy) is 1. The molecule has 0 spiro atoms. The molecule has 0 aromatic carbocycles. The molecular weight excluding hydrogens is 344 g/mol. The molecule has 1 aliphatic rings. The van der Waals surface area contributed by atoms with Gasteiger partial charge in [0.2, 0.25) is 0 Å². The molecule has 1 aliphatic heterocycles. The highest BCUT2D eigenvalue weighted by molar-refractivity contribution is 7.13. The zero-order valence-corrected chi connectivity index (χ0v) is 14.7. The van der Waals surface area contributed by atoms with E-state index < -0.39 is 5.91 Å². The normalized spacial score (nSPS) is 17.5. The molecule has 1 fully saturated rings. The van der Waals surface area contributed by atoms with Crippen molar-refractivity contribution in [1.82, 2.24) is 14.8 Å². The predicted molar refractivity (Wildman–Crippen MR) is 95.2 cm³/mol. The van der Waals surface area contributed by atoms with Crippen LogP contribution >= 0.6 is 11.3 Å². The molecule has 9 nitrogen and oxygen atoms in total. The highest BCUT2D eigenvalue weighted by atomic mass is 32.1. The lowest BCUT2D eigenvalue weighted by molar-refractivity contribution is 0.0375. The molecule has 1 amide bonds. The largest absolute Gasteiger partial charge is 0.374 e. The summed E-state index contributed by atoms with van der Waals surface area (Å²) in [5.41, 5.74) is 6.14. The van der Waals surface area contributed by atoms with Gasteiger partial charge in [0.15, 0.2) is 5.13 Å². The number of carbonyl (C=O) groups excluding carboxylic acids is 1. The Labute approximate surface area is 148 Å². The number of anilines is 2. The molecule has 3 N–H and O–H groups in total. The number of nitrogens with two attached hydrogens (primary N) is 1. The van der Waals surface area contributed by atoms with Gasteiger partial charge in [-0.3, -0.25) is 9.59 Å². The third-order valence-electron chi connectivity index (χ3n) is 3.96. The second-order valence-corrected chi connectivity index (χ2v) is 6.59. The molecule has 3 heterocycles. The fourth-order valence-electron chi connectivity index (χ4n) is 2.57. The maximum absolute atomic E-state index is 11.7. The Morgan fingerprint density at radius 2 is 2.40 bits per heavy atom. The average Bonchev–Trinajstić information content (AvgIpc) is 3.07. The molecule has 2 aromatic rings. The number of aryl methyl sites for hydroxylation is 1. The minimum atomic E-state index is -0.529. The molecule has 0 radical (unpaired) electrons. The van der Waals surface area contributed by atoms with Crippen molar-refractivity contribution in [2.45, 2.75) is 12.5 Å². The van der Waals surface area contributed by atoms with E-state index in [2.05, 4.69) is 20.3 Å². The molecule has 1 saturated heterocycles. The molecule has 1 unspecified atom stereocenters. The van der Waals surface area contributed by atoms with Crippen LogP contribution in [0.2, 0.25) is 0 Å². The van der Waals surface area contributed by atoms with E-state index in [0.29, 0.717) is 24.8 Å². The quantitative estimate of drug-likeness (QED) is 0.744. The van der Waals surface area contributed by atoms with Gasteiger partial charge >= 0.3 is 0 Å². The maximum Gasteiger partial charge on any atom is 0.268 e. The van der Waals surface area contributed by atoms with Crippen LogP contribution < -0.4 is 21.5 Å². The first-order valence-corrected chi connectivity index (χ1v) is 8.80. The first-order valence-electron chi connectivity index (χ1n) is 7.92. The first-order chi connectivity index (χ1) is 12.0. The topological polar surface area (TPSA) is 115 Å². The van der Waals surface area contributed by atoms with Crippen molar-refractivity contribution in [2.75, 3.05) is 36.5 Å². The van der Waals surface area contributed by atoms with Crippen LogP contribution in [0.1, 0.15) is 16.9 Å². The van der Waals surface area contributed by atoms with Crippen LogP contribution in [0.4, 0.5) is 10.8 Å². The van der Waals surface area contributed by atoms with Crippen LogP contribution in [0.3, 0.4) is 0 Å². The lowest BCUT2D eigenvalue weighted by Crippen LogP contribution is -2.43. The number of aromatic nitrogens is 3. The minimum absolute atomic E-state index is 0.0425. The highest BCUT2D eigenvalue weighted by Gasteiger charge is 2.21. The molecule has 0 aliphatic carbocycles. The number of morpholine rings is 1. The van der Waals surface area contributed by atoms with E-state index in [1.165, 1.54) is 16.0 Å². The molecule has 10 heteroatoms. The van der Waals surface area contributed by atoms with Gasteiger partial charge in [-0.05, 0) is 6.42 Å². The summed E-state index contributed by atoms with van der Waals surface area (Å²) in [4.78, 5) is 29.0.